The van der Waals surface area contributed by atoms with Crippen molar-refractivity contribution >= 4 is 41.3 Å². The van der Waals surface area contributed by atoms with E-state index in [0.717, 1.165) is 0 Å². The predicted molar refractivity (Wildman–Crippen MR) is 116 cm³/mol. The molecule has 1 unspecified atom stereocenters. The fraction of sp³-hybridized carbons (Fsp3) is 0.412. The maximum atomic E-state index is 13.9. The van der Waals surface area contributed by atoms with E-state index in [4.69, 9.17) is 0 Å². The van der Waals surface area contributed by atoms with E-state index in [9.17, 15) is 18.9 Å². The first-order chi connectivity index (χ1) is 13.5. The van der Waals surface area contributed by atoms with Crippen molar-refractivity contribution in [2.75, 3.05) is 31.6 Å². The Morgan fingerprint density at radius 3 is 2.76 bits per heavy atom. The highest BCUT2D eigenvalue weighted by Crippen LogP contribution is 2.26. The van der Waals surface area contributed by atoms with Crippen LogP contribution in [0, 0.1) is 21.7 Å². The van der Waals surface area contributed by atoms with Crippen LogP contribution in [-0.4, -0.2) is 53.4 Å². The standard InChI is InChI=1S/C17H21F2N7O2.HI/c1-20-17(21-6-8-25-11-13(9-22-25)26(27)28)23-12-5-7-24(10-12)16-14(18)3-2-4-15(16)19;/h2-4,9,11-12H,5-8,10H2,1H3,(H2,20,21,23);1H. The molecule has 2 heterocycles. The van der Waals surface area contributed by atoms with Crippen molar-refractivity contribution < 1.29 is 13.7 Å². The van der Waals surface area contributed by atoms with Crippen molar-refractivity contribution in [2.45, 2.75) is 19.0 Å². The van der Waals surface area contributed by atoms with E-state index in [-0.39, 0.29) is 41.4 Å². The lowest BCUT2D eigenvalue weighted by Crippen LogP contribution is -2.45. The molecule has 1 aliphatic heterocycles. The Labute approximate surface area is 183 Å². The van der Waals surface area contributed by atoms with Crippen LogP contribution in [-0.2, 0) is 6.54 Å². The highest BCUT2D eigenvalue weighted by Gasteiger charge is 2.27. The van der Waals surface area contributed by atoms with Gasteiger partial charge in [0, 0.05) is 32.7 Å². The molecule has 0 spiro atoms. The number of benzene rings is 1. The summed E-state index contributed by atoms with van der Waals surface area (Å²) in [5, 5.41) is 20.9. The first-order valence-electron chi connectivity index (χ1n) is 8.81. The monoisotopic (exact) mass is 521 g/mol. The zero-order valence-corrected chi connectivity index (χ0v) is 18.0. The van der Waals surface area contributed by atoms with Crippen molar-refractivity contribution in [3.05, 3.63) is 52.3 Å². The van der Waals surface area contributed by atoms with Gasteiger partial charge in [0.25, 0.3) is 0 Å². The molecule has 2 N–H and O–H groups in total. The maximum absolute atomic E-state index is 13.9. The third-order valence-corrected chi connectivity index (χ3v) is 4.47. The predicted octanol–water partition coefficient (Wildman–Crippen LogP) is 2.13. The number of nitrogens with zero attached hydrogens (tertiary/aromatic N) is 5. The van der Waals surface area contributed by atoms with Crippen LogP contribution in [0.2, 0.25) is 0 Å². The van der Waals surface area contributed by atoms with E-state index in [1.54, 1.807) is 11.9 Å². The highest BCUT2D eigenvalue weighted by molar-refractivity contribution is 14.0. The van der Waals surface area contributed by atoms with Gasteiger partial charge in [-0.05, 0) is 18.6 Å². The van der Waals surface area contributed by atoms with E-state index >= 15 is 0 Å². The van der Waals surface area contributed by atoms with Crippen LogP contribution in [0.5, 0.6) is 0 Å². The van der Waals surface area contributed by atoms with Crippen LogP contribution >= 0.6 is 24.0 Å². The molecule has 9 nitrogen and oxygen atoms in total. The largest absolute Gasteiger partial charge is 0.365 e. The molecule has 1 aromatic carbocycles. The molecule has 0 amide bonds. The number of hydrogen-bond acceptors (Lipinski definition) is 5. The Kier molecular flexibility index (Phi) is 8.10. The Bertz CT molecular complexity index is 857. The maximum Gasteiger partial charge on any atom is 0.306 e. The van der Waals surface area contributed by atoms with Crippen molar-refractivity contribution in [2.24, 2.45) is 4.99 Å². The third-order valence-electron chi connectivity index (χ3n) is 4.47. The quantitative estimate of drug-likeness (QED) is 0.199. The number of halogens is 3. The summed E-state index contributed by atoms with van der Waals surface area (Å²) >= 11 is 0. The number of anilines is 1. The van der Waals surface area contributed by atoms with Crippen molar-refractivity contribution in [3.63, 3.8) is 0 Å². The van der Waals surface area contributed by atoms with E-state index in [0.29, 0.717) is 38.6 Å². The minimum atomic E-state index is -0.573. The van der Waals surface area contributed by atoms with E-state index in [1.165, 1.54) is 35.3 Å². The number of rotatable bonds is 6. The first kappa shape index (κ1) is 22.8. The summed E-state index contributed by atoms with van der Waals surface area (Å²) in [5.41, 5.74) is -0.0658. The second-order valence-corrected chi connectivity index (χ2v) is 6.36. The van der Waals surface area contributed by atoms with Gasteiger partial charge in [0.2, 0.25) is 0 Å². The normalized spacial score (nSPS) is 16.4. The van der Waals surface area contributed by atoms with Gasteiger partial charge < -0.3 is 15.5 Å². The second-order valence-electron chi connectivity index (χ2n) is 6.36. The number of hydrogen-bond donors (Lipinski definition) is 2. The van der Waals surface area contributed by atoms with Gasteiger partial charge in [-0.2, -0.15) is 5.10 Å². The summed E-state index contributed by atoms with van der Waals surface area (Å²) < 4.78 is 29.4. The van der Waals surface area contributed by atoms with Gasteiger partial charge in [-0.3, -0.25) is 19.8 Å². The number of aromatic nitrogens is 2. The molecule has 3 rings (SSSR count). The van der Waals surface area contributed by atoms with Crippen LogP contribution in [0.25, 0.3) is 0 Å². The minimum absolute atomic E-state index is 0. The van der Waals surface area contributed by atoms with Crippen LogP contribution in [0.3, 0.4) is 0 Å². The number of nitrogens with one attached hydrogen (secondary N) is 2. The summed E-state index contributed by atoms with van der Waals surface area (Å²) in [4.78, 5) is 16.0. The average Bonchev–Trinajstić information content (AvgIpc) is 3.31. The molecule has 1 aromatic heterocycles. The van der Waals surface area contributed by atoms with Gasteiger partial charge in [0.05, 0.1) is 11.5 Å². The van der Waals surface area contributed by atoms with Gasteiger partial charge in [-0.15, -0.1) is 24.0 Å². The molecule has 0 radical (unpaired) electrons. The molecule has 29 heavy (non-hydrogen) atoms. The van der Waals surface area contributed by atoms with Gasteiger partial charge in [0.15, 0.2) is 5.96 Å². The fourth-order valence-electron chi connectivity index (χ4n) is 3.12. The molecule has 0 aliphatic carbocycles. The fourth-order valence-corrected chi connectivity index (χ4v) is 3.12. The van der Waals surface area contributed by atoms with Crippen molar-refractivity contribution in [3.8, 4) is 0 Å². The Morgan fingerprint density at radius 2 is 2.14 bits per heavy atom. The Balaban J connectivity index is 0.00000300. The number of aliphatic imine (C=N–C) groups is 1. The molecule has 12 heteroatoms. The molecule has 1 saturated heterocycles. The van der Waals surface area contributed by atoms with Gasteiger partial charge in [0.1, 0.15) is 29.7 Å². The molecular formula is C17H22F2IN7O2. The van der Waals surface area contributed by atoms with Crippen LogP contribution in [0.15, 0.2) is 35.6 Å². The summed E-state index contributed by atoms with van der Waals surface area (Å²) in [6.07, 6.45) is 3.26. The molecule has 158 valence electrons. The second kappa shape index (κ2) is 10.3. The SMILES string of the molecule is CN=C(NCCn1cc([N+](=O)[O-])cn1)NC1CCN(c2c(F)cccc2F)C1.I. The topological polar surface area (TPSA) is 101 Å². The van der Waals surface area contributed by atoms with Gasteiger partial charge in [-0.25, -0.2) is 8.78 Å². The van der Waals surface area contributed by atoms with E-state index < -0.39 is 16.6 Å². The molecule has 1 fully saturated rings. The molecular weight excluding hydrogens is 499 g/mol. The first-order valence-corrected chi connectivity index (χ1v) is 8.81. The highest BCUT2D eigenvalue weighted by atomic mass is 127. The average molecular weight is 521 g/mol. The molecule has 0 saturated carbocycles. The third kappa shape index (κ3) is 5.74. The van der Waals surface area contributed by atoms with Crippen LogP contribution in [0.4, 0.5) is 20.2 Å². The van der Waals surface area contributed by atoms with E-state index in [2.05, 4.69) is 20.7 Å². The van der Waals surface area contributed by atoms with E-state index in [1.807, 2.05) is 0 Å². The van der Waals surface area contributed by atoms with Crippen molar-refractivity contribution in [1.82, 2.24) is 20.4 Å². The molecule has 1 atom stereocenters. The number of para-hydroxylation sites is 1. The zero-order chi connectivity index (χ0) is 20.1. The molecule has 1 aliphatic rings. The Hall–Kier alpha value is -2.51. The van der Waals surface area contributed by atoms with Crippen LogP contribution in [0.1, 0.15) is 6.42 Å². The summed E-state index contributed by atoms with van der Waals surface area (Å²) in [6.45, 7) is 1.86. The molecule has 0 bridgehead atoms. The summed E-state index contributed by atoms with van der Waals surface area (Å²) in [6, 6.07) is 3.83. The minimum Gasteiger partial charge on any atom is -0.365 e. The lowest BCUT2D eigenvalue weighted by atomic mass is 10.2. The van der Waals surface area contributed by atoms with Crippen LogP contribution < -0.4 is 15.5 Å². The summed E-state index contributed by atoms with van der Waals surface area (Å²) in [5.74, 6) is -0.601. The summed E-state index contributed by atoms with van der Waals surface area (Å²) in [7, 11) is 1.62. The lowest BCUT2D eigenvalue weighted by molar-refractivity contribution is -0.385. The van der Waals surface area contributed by atoms with Gasteiger partial charge in [-0.1, -0.05) is 6.07 Å². The number of guanidine groups is 1. The van der Waals surface area contributed by atoms with Crippen molar-refractivity contribution in [1.29, 1.82) is 0 Å². The smallest absolute Gasteiger partial charge is 0.306 e. The lowest BCUT2D eigenvalue weighted by Gasteiger charge is -2.21. The zero-order valence-electron chi connectivity index (χ0n) is 15.7. The molecule has 2 aromatic rings. The Morgan fingerprint density at radius 1 is 1.41 bits per heavy atom. The van der Waals surface area contributed by atoms with Gasteiger partial charge >= 0.3 is 5.69 Å². The number of nitro groups is 1.